The van der Waals surface area contributed by atoms with E-state index in [4.69, 9.17) is 0 Å². The van der Waals surface area contributed by atoms with Crippen LogP contribution in [0.1, 0.15) is 30.7 Å². The predicted octanol–water partition coefficient (Wildman–Crippen LogP) is 2.53. The van der Waals surface area contributed by atoms with Gasteiger partial charge in [-0.15, -0.1) is 0 Å². The smallest absolute Gasteiger partial charge is 0.246 e. The van der Waals surface area contributed by atoms with Crippen LogP contribution in [0.3, 0.4) is 0 Å². The Balaban J connectivity index is 1.80. The molecule has 0 unspecified atom stereocenters. The van der Waals surface area contributed by atoms with Crippen molar-refractivity contribution in [2.45, 2.75) is 37.6 Å². The zero-order valence-electron chi connectivity index (χ0n) is 14.4. The molecule has 0 bridgehead atoms. The second-order valence-corrected chi connectivity index (χ2v) is 7.93. The molecular weight excluding hydrogens is 362 g/mol. The standard InChI is InChI=1S/C17H20F2N4O2S/c1-12-10-13(22-17(21-12)23-8-3-2-4-9-23)11-20-26(24,25)16-14(18)6-5-7-15(16)19/h5-7,10,20H,2-4,8-9,11H2,1H3. The van der Waals surface area contributed by atoms with E-state index in [9.17, 15) is 17.2 Å². The highest BCUT2D eigenvalue weighted by Gasteiger charge is 2.24. The van der Waals surface area contributed by atoms with E-state index < -0.39 is 26.6 Å². The lowest BCUT2D eigenvalue weighted by Crippen LogP contribution is -2.32. The summed E-state index contributed by atoms with van der Waals surface area (Å²) in [5, 5.41) is 0. The van der Waals surface area contributed by atoms with E-state index >= 15 is 0 Å². The van der Waals surface area contributed by atoms with Gasteiger partial charge in [-0.1, -0.05) is 6.07 Å². The fourth-order valence-electron chi connectivity index (χ4n) is 2.92. The molecule has 0 atom stereocenters. The van der Waals surface area contributed by atoms with Gasteiger partial charge >= 0.3 is 0 Å². The van der Waals surface area contributed by atoms with Gasteiger partial charge in [0, 0.05) is 18.8 Å². The maximum atomic E-state index is 13.8. The molecule has 26 heavy (non-hydrogen) atoms. The molecule has 3 rings (SSSR count). The summed E-state index contributed by atoms with van der Waals surface area (Å²) in [7, 11) is -4.34. The summed E-state index contributed by atoms with van der Waals surface area (Å²) in [6, 6.07) is 4.57. The normalized spacial score (nSPS) is 15.3. The lowest BCUT2D eigenvalue weighted by Gasteiger charge is -2.27. The average Bonchev–Trinajstić information content (AvgIpc) is 2.60. The van der Waals surface area contributed by atoms with Gasteiger partial charge in [0.2, 0.25) is 16.0 Å². The predicted molar refractivity (Wildman–Crippen MR) is 93.2 cm³/mol. The SMILES string of the molecule is Cc1cc(CNS(=O)(=O)c2c(F)cccc2F)nc(N2CCCCC2)n1. The van der Waals surface area contributed by atoms with Crippen LogP contribution >= 0.6 is 0 Å². The van der Waals surface area contributed by atoms with Crippen molar-refractivity contribution in [1.29, 1.82) is 0 Å². The number of halogens is 2. The number of piperidine rings is 1. The summed E-state index contributed by atoms with van der Waals surface area (Å²) < 4.78 is 54.3. The van der Waals surface area contributed by atoms with E-state index in [1.54, 1.807) is 13.0 Å². The molecular formula is C17H20F2N4O2S. The summed E-state index contributed by atoms with van der Waals surface area (Å²) in [5.41, 5.74) is 1.14. The van der Waals surface area contributed by atoms with E-state index in [1.165, 1.54) is 6.42 Å². The average molecular weight is 382 g/mol. The van der Waals surface area contributed by atoms with Crippen LogP contribution in [0.25, 0.3) is 0 Å². The first-order valence-corrected chi connectivity index (χ1v) is 9.88. The molecule has 0 amide bonds. The molecule has 1 N–H and O–H groups in total. The minimum absolute atomic E-state index is 0.180. The number of nitrogens with one attached hydrogen (secondary N) is 1. The largest absolute Gasteiger partial charge is 0.341 e. The summed E-state index contributed by atoms with van der Waals surface area (Å²) in [6.45, 7) is 3.33. The van der Waals surface area contributed by atoms with Crippen molar-refractivity contribution in [3.63, 3.8) is 0 Å². The van der Waals surface area contributed by atoms with Gasteiger partial charge in [0.25, 0.3) is 0 Å². The van der Waals surface area contributed by atoms with Crippen LogP contribution in [-0.4, -0.2) is 31.5 Å². The maximum absolute atomic E-state index is 13.8. The first-order valence-electron chi connectivity index (χ1n) is 8.40. The maximum Gasteiger partial charge on any atom is 0.246 e. The Kier molecular flexibility index (Phi) is 5.47. The van der Waals surface area contributed by atoms with Crippen LogP contribution in [0, 0.1) is 18.6 Å². The number of nitrogens with zero attached hydrogens (tertiary/aromatic N) is 3. The van der Waals surface area contributed by atoms with E-state index in [2.05, 4.69) is 19.6 Å². The van der Waals surface area contributed by atoms with Gasteiger partial charge in [-0.3, -0.25) is 0 Å². The second-order valence-electron chi connectivity index (χ2n) is 6.22. The highest BCUT2D eigenvalue weighted by molar-refractivity contribution is 7.89. The van der Waals surface area contributed by atoms with Crippen LogP contribution < -0.4 is 9.62 Å². The first kappa shape index (κ1) is 18.7. The number of anilines is 1. The van der Waals surface area contributed by atoms with Crippen LogP contribution in [0.5, 0.6) is 0 Å². The Bertz CT molecular complexity index is 879. The molecule has 1 aliphatic heterocycles. The molecule has 2 heterocycles. The molecule has 2 aromatic rings. The Hall–Kier alpha value is -2.13. The van der Waals surface area contributed by atoms with Crippen LogP contribution in [-0.2, 0) is 16.6 Å². The van der Waals surface area contributed by atoms with Crippen molar-refractivity contribution in [2.75, 3.05) is 18.0 Å². The van der Waals surface area contributed by atoms with Gasteiger partial charge in [0.1, 0.15) is 11.6 Å². The van der Waals surface area contributed by atoms with E-state index in [-0.39, 0.29) is 6.54 Å². The van der Waals surface area contributed by atoms with Crippen LogP contribution in [0.15, 0.2) is 29.2 Å². The van der Waals surface area contributed by atoms with Gasteiger partial charge in [0.15, 0.2) is 4.90 Å². The van der Waals surface area contributed by atoms with Gasteiger partial charge < -0.3 is 4.90 Å². The van der Waals surface area contributed by atoms with Gasteiger partial charge in [-0.05, 0) is 44.4 Å². The molecule has 0 aliphatic carbocycles. The molecule has 1 fully saturated rings. The molecule has 0 spiro atoms. The topological polar surface area (TPSA) is 75.2 Å². The van der Waals surface area contributed by atoms with Crippen molar-refractivity contribution in [1.82, 2.24) is 14.7 Å². The molecule has 0 radical (unpaired) electrons. The van der Waals surface area contributed by atoms with Crippen molar-refractivity contribution in [3.05, 3.63) is 47.3 Å². The Morgan fingerprint density at radius 2 is 1.77 bits per heavy atom. The lowest BCUT2D eigenvalue weighted by atomic mass is 10.1. The monoisotopic (exact) mass is 382 g/mol. The fourth-order valence-corrected chi connectivity index (χ4v) is 4.05. The summed E-state index contributed by atoms with van der Waals surface area (Å²) >= 11 is 0. The molecule has 1 aromatic carbocycles. The minimum atomic E-state index is -4.34. The third-order valence-corrected chi connectivity index (χ3v) is 5.62. The van der Waals surface area contributed by atoms with Crippen molar-refractivity contribution in [3.8, 4) is 0 Å². The molecule has 6 nitrogen and oxygen atoms in total. The van der Waals surface area contributed by atoms with E-state index in [0.717, 1.165) is 44.1 Å². The third-order valence-electron chi connectivity index (χ3n) is 4.17. The number of aryl methyl sites for hydroxylation is 1. The van der Waals surface area contributed by atoms with E-state index in [0.29, 0.717) is 17.3 Å². The zero-order valence-corrected chi connectivity index (χ0v) is 15.2. The molecule has 0 saturated carbocycles. The number of hydrogen-bond donors (Lipinski definition) is 1. The van der Waals surface area contributed by atoms with Crippen molar-refractivity contribution >= 4 is 16.0 Å². The summed E-state index contributed by atoms with van der Waals surface area (Å²) in [6.07, 6.45) is 3.29. The highest BCUT2D eigenvalue weighted by atomic mass is 32.2. The third kappa shape index (κ3) is 4.16. The zero-order chi connectivity index (χ0) is 18.7. The Morgan fingerprint density at radius 3 is 2.42 bits per heavy atom. The first-order chi connectivity index (χ1) is 12.4. The quantitative estimate of drug-likeness (QED) is 0.860. The number of sulfonamides is 1. The second kappa shape index (κ2) is 7.63. The van der Waals surface area contributed by atoms with Crippen molar-refractivity contribution in [2.24, 2.45) is 0 Å². The van der Waals surface area contributed by atoms with Gasteiger partial charge in [-0.2, -0.15) is 0 Å². The highest BCUT2D eigenvalue weighted by Crippen LogP contribution is 2.19. The molecule has 1 aliphatic rings. The van der Waals surface area contributed by atoms with E-state index in [1.807, 2.05) is 0 Å². The minimum Gasteiger partial charge on any atom is -0.341 e. The number of rotatable bonds is 5. The number of hydrogen-bond acceptors (Lipinski definition) is 5. The van der Waals surface area contributed by atoms with Crippen LogP contribution in [0.4, 0.5) is 14.7 Å². The molecule has 1 aromatic heterocycles. The number of aromatic nitrogens is 2. The number of benzene rings is 1. The lowest BCUT2D eigenvalue weighted by molar-refractivity contribution is 0.513. The summed E-state index contributed by atoms with van der Waals surface area (Å²) in [5.74, 6) is -1.72. The summed E-state index contributed by atoms with van der Waals surface area (Å²) in [4.78, 5) is 9.88. The van der Waals surface area contributed by atoms with Crippen molar-refractivity contribution < 1.29 is 17.2 Å². The Labute approximate surface area is 151 Å². The van der Waals surface area contributed by atoms with Crippen LogP contribution in [0.2, 0.25) is 0 Å². The fraction of sp³-hybridized carbons (Fsp3) is 0.412. The Morgan fingerprint density at radius 1 is 1.12 bits per heavy atom. The molecule has 1 saturated heterocycles. The molecule has 9 heteroatoms. The molecule has 140 valence electrons. The van der Waals surface area contributed by atoms with Gasteiger partial charge in [-0.25, -0.2) is 31.9 Å². The van der Waals surface area contributed by atoms with Gasteiger partial charge in [0.05, 0.1) is 12.2 Å².